The van der Waals surface area contributed by atoms with Gasteiger partial charge < -0.3 is 25.0 Å². The normalized spacial score (nSPS) is 16.1. The van der Waals surface area contributed by atoms with Crippen molar-refractivity contribution < 1.29 is 14.3 Å². The Balaban J connectivity index is 1.42. The van der Waals surface area contributed by atoms with Crippen LogP contribution < -0.4 is 25.0 Å². The molecule has 1 aliphatic heterocycles. The molecule has 27 heavy (non-hydrogen) atoms. The fourth-order valence-corrected chi connectivity index (χ4v) is 3.24. The molecule has 6 nitrogen and oxygen atoms in total. The highest BCUT2D eigenvalue weighted by Crippen LogP contribution is 2.25. The van der Waals surface area contributed by atoms with E-state index in [-0.39, 0.29) is 6.03 Å². The number of carbonyl (C=O) groups is 1. The number of carbonyl (C=O) groups excluding carboxylic acids is 1. The number of anilines is 2. The smallest absolute Gasteiger partial charge is 0.319 e. The zero-order valence-electron chi connectivity index (χ0n) is 15.9. The van der Waals surface area contributed by atoms with E-state index in [9.17, 15) is 4.79 Å². The molecule has 2 aromatic carbocycles. The van der Waals surface area contributed by atoms with Gasteiger partial charge in [-0.05, 0) is 67.8 Å². The third-order valence-electron chi connectivity index (χ3n) is 4.70. The first-order valence-corrected chi connectivity index (χ1v) is 9.34. The highest BCUT2D eigenvalue weighted by atomic mass is 16.5. The fourth-order valence-electron chi connectivity index (χ4n) is 3.24. The Morgan fingerprint density at radius 1 is 1.11 bits per heavy atom. The summed E-state index contributed by atoms with van der Waals surface area (Å²) < 4.78 is 10.6. The Labute approximate surface area is 160 Å². The molecule has 2 aromatic rings. The molecule has 1 saturated heterocycles. The summed E-state index contributed by atoms with van der Waals surface area (Å²) in [5.74, 6) is 2.10. The molecule has 2 N–H and O–H groups in total. The topological polar surface area (TPSA) is 62.8 Å². The molecule has 0 saturated carbocycles. The molecule has 6 heteroatoms. The van der Waals surface area contributed by atoms with Gasteiger partial charge in [-0.15, -0.1) is 0 Å². The van der Waals surface area contributed by atoms with Gasteiger partial charge in [-0.1, -0.05) is 0 Å². The van der Waals surface area contributed by atoms with Crippen LogP contribution in [0.1, 0.15) is 13.3 Å². The molecule has 0 radical (unpaired) electrons. The summed E-state index contributed by atoms with van der Waals surface area (Å²) in [6.45, 7) is 5.17. The van der Waals surface area contributed by atoms with E-state index < -0.39 is 0 Å². The van der Waals surface area contributed by atoms with Crippen molar-refractivity contribution in [3.8, 4) is 11.5 Å². The van der Waals surface area contributed by atoms with Crippen molar-refractivity contribution in [1.29, 1.82) is 0 Å². The summed E-state index contributed by atoms with van der Waals surface area (Å²) in [4.78, 5) is 14.5. The molecule has 1 fully saturated rings. The summed E-state index contributed by atoms with van der Waals surface area (Å²) in [6, 6.07) is 15.3. The first kappa shape index (κ1) is 18.9. The van der Waals surface area contributed by atoms with E-state index in [0.29, 0.717) is 19.1 Å². The van der Waals surface area contributed by atoms with Gasteiger partial charge in [0.1, 0.15) is 11.5 Å². The number of benzene rings is 2. The lowest BCUT2D eigenvalue weighted by Gasteiger charge is -2.19. The van der Waals surface area contributed by atoms with Crippen LogP contribution >= 0.6 is 0 Å². The predicted molar refractivity (Wildman–Crippen MR) is 108 cm³/mol. The summed E-state index contributed by atoms with van der Waals surface area (Å²) in [7, 11) is 1.67. The van der Waals surface area contributed by atoms with E-state index in [1.807, 2.05) is 43.3 Å². The molecular formula is C21H27N3O3. The van der Waals surface area contributed by atoms with Crippen LogP contribution in [0, 0.1) is 5.92 Å². The lowest BCUT2D eigenvalue weighted by Crippen LogP contribution is -2.34. The van der Waals surface area contributed by atoms with Crippen LogP contribution in [0.5, 0.6) is 11.5 Å². The third kappa shape index (κ3) is 5.29. The molecule has 0 bridgehead atoms. The van der Waals surface area contributed by atoms with Crippen LogP contribution in [0.25, 0.3) is 0 Å². The van der Waals surface area contributed by atoms with Crippen molar-refractivity contribution in [2.75, 3.05) is 43.6 Å². The maximum atomic E-state index is 12.1. The van der Waals surface area contributed by atoms with Gasteiger partial charge in [0.15, 0.2) is 0 Å². The van der Waals surface area contributed by atoms with Gasteiger partial charge >= 0.3 is 6.03 Å². The second-order valence-electron chi connectivity index (χ2n) is 6.59. The van der Waals surface area contributed by atoms with Gasteiger partial charge in [0, 0.05) is 31.0 Å². The van der Waals surface area contributed by atoms with Crippen LogP contribution in [0.15, 0.2) is 48.5 Å². The minimum atomic E-state index is -0.179. The van der Waals surface area contributed by atoms with E-state index >= 15 is 0 Å². The van der Waals surface area contributed by atoms with Gasteiger partial charge in [-0.25, -0.2) is 4.79 Å². The summed E-state index contributed by atoms with van der Waals surface area (Å²) >= 11 is 0. The van der Waals surface area contributed by atoms with Crippen LogP contribution in [-0.2, 0) is 0 Å². The number of hydrogen-bond donors (Lipinski definition) is 2. The highest BCUT2D eigenvalue weighted by molar-refractivity contribution is 5.89. The Bertz CT molecular complexity index is 731. The van der Waals surface area contributed by atoms with E-state index in [1.54, 1.807) is 7.11 Å². The number of ether oxygens (including phenoxy) is 2. The largest absolute Gasteiger partial charge is 0.497 e. The van der Waals surface area contributed by atoms with Crippen molar-refractivity contribution in [2.24, 2.45) is 5.92 Å². The standard InChI is InChI=1S/C21H27N3O3/c1-3-27-20-8-4-17(5-9-20)23-21(25)22-14-16-12-13-24(15-16)18-6-10-19(26-2)11-7-18/h4-11,16H,3,12-15H2,1-2H3,(H2,22,23,25)/t16-/m0/s1. The molecule has 0 unspecified atom stereocenters. The van der Waals surface area contributed by atoms with E-state index in [4.69, 9.17) is 9.47 Å². The molecule has 1 heterocycles. The maximum absolute atomic E-state index is 12.1. The number of nitrogens with one attached hydrogen (secondary N) is 2. The monoisotopic (exact) mass is 369 g/mol. The Morgan fingerprint density at radius 3 is 2.48 bits per heavy atom. The average Bonchev–Trinajstić information content (AvgIpc) is 3.17. The van der Waals surface area contributed by atoms with Gasteiger partial charge in [-0.3, -0.25) is 0 Å². The van der Waals surface area contributed by atoms with Gasteiger partial charge in [-0.2, -0.15) is 0 Å². The van der Waals surface area contributed by atoms with Gasteiger partial charge in [0.25, 0.3) is 0 Å². The van der Waals surface area contributed by atoms with Crippen LogP contribution in [-0.4, -0.2) is 39.4 Å². The number of methoxy groups -OCH3 is 1. The third-order valence-corrected chi connectivity index (χ3v) is 4.70. The number of nitrogens with zero attached hydrogens (tertiary/aromatic N) is 1. The van der Waals surface area contributed by atoms with Crippen molar-refractivity contribution in [3.05, 3.63) is 48.5 Å². The second kappa shape index (κ2) is 9.16. The summed E-state index contributed by atoms with van der Waals surface area (Å²) in [5.41, 5.74) is 1.94. The Morgan fingerprint density at radius 2 is 1.81 bits per heavy atom. The number of hydrogen-bond acceptors (Lipinski definition) is 4. The van der Waals surface area contributed by atoms with Gasteiger partial charge in [0.2, 0.25) is 0 Å². The Hall–Kier alpha value is -2.89. The Kier molecular flexibility index (Phi) is 6.41. The summed E-state index contributed by atoms with van der Waals surface area (Å²) in [5, 5.41) is 5.83. The lowest BCUT2D eigenvalue weighted by atomic mass is 10.1. The zero-order valence-corrected chi connectivity index (χ0v) is 15.9. The van der Waals surface area contributed by atoms with Crippen molar-refractivity contribution in [1.82, 2.24) is 5.32 Å². The SMILES string of the molecule is CCOc1ccc(NC(=O)NC[C@@H]2CCN(c3ccc(OC)cc3)C2)cc1. The van der Waals surface area contributed by atoms with Crippen LogP contribution in [0.4, 0.5) is 16.2 Å². The molecule has 0 aliphatic carbocycles. The maximum Gasteiger partial charge on any atom is 0.319 e. The minimum Gasteiger partial charge on any atom is -0.497 e. The van der Waals surface area contributed by atoms with E-state index in [0.717, 1.165) is 36.7 Å². The minimum absolute atomic E-state index is 0.179. The molecular weight excluding hydrogens is 342 g/mol. The van der Waals surface area contributed by atoms with Crippen LogP contribution in [0.2, 0.25) is 0 Å². The predicted octanol–water partition coefficient (Wildman–Crippen LogP) is 3.74. The first-order valence-electron chi connectivity index (χ1n) is 9.34. The zero-order chi connectivity index (χ0) is 19.1. The molecule has 3 rings (SSSR count). The second-order valence-corrected chi connectivity index (χ2v) is 6.59. The molecule has 1 atom stereocenters. The fraction of sp³-hybridized carbons (Fsp3) is 0.381. The molecule has 0 spiro atoms. The molecule has 0 aromatic heterocycles. The van der Waals surface area contributed by atoms with E-state index in [2.05, 4.69) is 27.7 Å². The number of rotatable bonds is 7. The number of urea groups is 1. The molecule has 144 valence electrons. The average molecular weight is 369 g/mol. The van der Waals surface area contributed by atoms with E-state index in [1.165, 1.54) is 5.69 Å². The van der Waals surface area contributed by atoms with Gasteiger partial charge in [0.05, 0.1) is 13.7 Å². The quantitative estimate of drug-likeness (QED) is 0.780. The van der Waals surface area contributed by atoms with Crippen molar-refractivity contribution in [2.45, 2.75) is 13.3 Å². The molecule has 2 amide bonds. The highest BCUT2D eigenvalue weighted by Gasteiger charge is 2.23. The molecule has 1 aliphatic rings. The first-order chi connectivity index (χ1) is 13.2. The van der Waals surface area contributed by atoms with Crippen molar-refractivity contribution in [3.63, 3.8) is 0 Å². The lowest BCUT2D eigenvalue weighted by molar-refractivity contribution is 0.250. The van der Waals surface area contributed by atoms with Crippen LogP contribution in [0.3, 0.4) is 0 Å². The summed E-state index contributed by atoms with van der Waals surface area (Å²) in [6.07, 6.45) is 1.06. The number of amides is 2. The van der Waals surface area contributed by atoms with Crippen molar-refractivity contribution >= 4 is 17.4 Å².